The maximum atomic E-state index is 11.3. The average molecular weight is 299 g/mol. The standard InChI is InChI=1S/C13H21N3O3S/c14-11-8-10(20(15,18)19)4-5-12(11)16-13(9-17)6-2-1-3-7-13/h4-5,8,16-17H,1-3,6-7,9,14H2,(H2,15,18,19). The largest absolute Gasteiger partial charge is 0.397 e. The van der Waals surface area contributed by atoms with Crippen LogP contribution >= 0.6 is 0 Å². The molecule has 1 aromatic carbocycles. The highest BCUT2D eigenvalue weighted by molar-refractivity contribution is 7.89. The molecule has 6 nitrogen and oxygen atoms in total. The predicted molar refractivity (Wildman–Crippen MR) is 78.8 cm³/mol. The van der Waals surface area contributed by atoms with Gasteiger partial charge >= 0.3 is 0 Å². The van der Waals surface area contributed by atoms with E-state index < -0.39 is 10.0 Å². The molecule has 0 radical (unpaired) electrons. The third kappa shape index (κ3) is 3.23. The Hall–Kier alpha value is -1.31. The highest BCUT2D eigenvalue weighted by Gasteiger charge is 2.31. The van der Waals surface area contributed by atoms with Crippen LogP contribution in [0.4, 0.5) is 11.4 Å². The zero-order valence-corrected chi connectivity index (χ0v) is 12.1. The number of nitrogens with two attached hydrogens (primary N) is 2. The lowest BCUT2D eigenvalue weighted by atomic mass is 9.82. The van der Waals surface area contributed by atoms with Crippen molar-refractivity contribution >= 4 is 21.4 Å². The Labute approximate surface area is 119 Å². The molecule has 0 saturated heterocycles. The lowest BCUT2D eigenvalue weighted by Gasteiger charge is -2.37. The summed E-state index contributed by atoms with van der Waals surface area (Å²) in [6.45, 7) is 0.0311. The number of nitrogens with one attached hydrogen (secondary N) is 1. The molecule has 1 aromatic rings. The van der Waals surface area contributed by atoms with E-state index in [0.29, 0.717) is 11.4 Å². The first-order valence-corrected chi connectivity index (χ1v) is 8.22. The molecule has 0 aliphatic heterocycles. The molecule has 20 heavy (non-hydrogen) atoms. The van der Waals surface area contributed by atoms with Gasteiger partial charge in [-0.1, -0.05) is 19.3 Å². The van der Waals surface area contributed by atoms with E-state index in [9.17, 15) is 13.5 Å². The van der Waals surface area contributed by atoms with Gasteiger partial charge in [-0.05, 0) is 31.0 Å². The van der Waals surface area contributed by atoms with Gasteiger partial charge in [-0.25, -0.2) is 13.6 Å². The van der Waals surface area contributed by atoms with Gasteiger partial charge in [0.1, 0.15) is 0 Å². The Balaban J connectivity index is 2.25. The zero-order chi connectivity index (χ0) is 14.8. The van der Waals surface area contributed by atoms with Crippen molar-refractivity contribution in [3.63, 3.8) is 0 Å². The van der Waals surface area contributed by atoms with Gasteiger partial charge in [-0.15, -0.1) is 0 Å². The number of hydrogen-bond acceptors (Lipinski definition) is 5. The normalized spacial score (nSPS) is 18.7. The second-order valence-electron chi connectivity index (χ2n) is 5.42. The number of anilines is 2. The van der Waals surface area contributed by atoms with Crippen molar-refractivity contribution < 1.29 is 13.5 Å². The first-order chi connectivity index (χ1) is 9.36. The monoisotopic (exact) mass is 299 g/mol. The molecule has 1 aliphatic carbocycles. The summed E-state index contributed by atoms with van der Waals surface area (Å²) in [5.41, 5.74) is 6.47. The third-order valence-electron chi connectivity index (χ3n) is 3.86. The number of aliphatic hydroxyl groups is 1. The number of benzene rings is 1. The van der Waals surface area contributed by atoms with Crippen LogP contribution in [0.3, 0.4) is 0 Å². The van der Waals surface area contributed by atoms with E-state index in [0.717, 1.165) is 25.7 Å². The number of rotatable bonds is 4. The molecule has 0 atom stereocenters. The highest BCUT2D eigenvalue weighted by Crippen LogP contribution is 2.33. The van der Waals surface area contributed by atoms with Gasteiger partial charge in [-0.2, -0.15) is 0 Å². The molecule has 0 amide bonds. The highest BCUT2D eigenvalue weighted by atomic mass is 32.2. The van der Waals surface area contributed by atoms with Crippen LogP contribution in [-0.4, -0.2) is 25.7 Å². The Morgan fingerprint density at radius 3 is 2.40 bits per heavy atom. The molecule has 112 valence electrons. The molecule has 6 N–H and O–H groups in total. The number of primary sulfonamides is 1. The summed E-state index contributed by atoms with van der Waals surface area (Å²) in [7, 11) is -3.75. The average Bonchev–Trinajstić information content (AvgIpc) is 2.41. The van der Waals surface area contributed by atoms with Gasteiger partial charge in [0.25, 0.3) is 0 Å². The van der Waals surface area contributed by atoms with Crippen LogP contribution in [0.15, 0.2) is 23.1 Å². The minimum atomic E-state index is -3.75. The van der Waals surface area contributed by atoms with E-state index >= 15 is 0 Å². The van der Waals surface area contributed by atoms with Crippen molar-refractivity contribution in [3.8, 4) is 0 Å². The van der Waals surface area contributed by atoms with Crippen molar-refractivity contribution in [2.75, 3.05) is 17.7 Å². The summed E-state index contributed by atoms with van der Waals surface area (Å²) in [5.74, 6) is 0. The van der Waals surface area contributed by atoms with Gasteiger partial charge in [0.15, 0.2) is 0 Å². The van der Waals surface area contributed by atoms with E-state index in [2.05, 4.69) is 5.32 Å². The Bertz CT molecular complexity index is 581. The summed E-state index contributed by atoms with van der Waals surface area (Å²) in [4.78, 5) is -0.0118. The first kappa shape index (κ1) is 15.1. The molecular formula is C13H21N3O3S. The Morgan fingerprint density at radius 1 is 1.25 bits per heavy atom. The topological polar surface area (TPSA) is 118 Å². The summed E-state index contributed by atoms with van der Waals surface area (Å²) < 4.78 is 22.5. The number of nitrogen functional groups attached to an aromatic ring is 1. The minimum absolute atomic E-state index is 0.0118. The van der Waals surface area contributed by atoms with Crippen LogP contribution in [0, 0.1) is 0 Å². The van der Waals surface area contributed by atoms with E-state index in [1.165, 1.54) is 18.6 Å². The van der Waals surface area contributed by atoms with Gasteiger partial charge in [0.05, 0.1) is 28.4 Å². The van der Waals surface area contributed by atoms with Crippen LogP contribution in [0.2, 0.25) is 0 Å². The molecule has 0 aromatic heterocycles. The van der Waals surface area contributed by atoms with Crippen molar-refractivity contribution in [1.29, 1.82) is 0 Å². The fraction of sp³-hybridized carbons (Fsp3) is 0.538. The quantitative estimate of drug-likeness (QED) is 0.619. The Kier molecular flexibility index (Phi) is 4.22. The van der Waals surface area contributed by atoms with Gasteiger partial charge in [0, 0.05) is 0 Å². The molecule has 1 saturated carbocycles. The first-order valence-electron chi connectivity index (χ1n) is 6.68. The van der Waals surface area contributed by atoms with Crippen molar-refractivity contribution in [2.24, 2.45) is 5.14 Å². The number of hydrogen-bond donors (Lipinski definition) is 4. The van der Waals surface area contributed by atoms with Crippen LogP contribution in [0.5, 0.6) is 0 Å². The summed E-state index contributed by atoms with van der Waals surface area (Å²) in [6, 6.07) is 4.36. The van der Waals surface area contributed by atoms with Crippen molar-refractivity contribution in [1.82, 2.24) is 0 Å². The van der Waals surface area contributed by atoms with Crippen LogP contribution in [0.1, 0.15) is 32.1 Å². The summed E-state index contributed by atoms with van der Waals surface area (Å²) >= 11 is 0. The molecule has 2 rings (SSSR count). The molecule has 0 unspecified atom stereocenters. The summed E-state index contributed by atoms with van der Waals surface area (Å²) in [6.07, 6.45) is 5.04. The van der Waals surface area contributed by atoms with Gasteiger partial charge in [-0.3, -0.25) is 0 Å². The molecular weight excluding hydrogens is 278 g/mol. The van der Waals surface area contributed by atoms with E-state index in [1.807, 2.05) is 0 Å². The van der Waals surface area contributed by atoms with E-state index in [1.54, 1.807) is 6.07 Å². The van der Waals surface area contributed by atoms with Crippen molar-refractivity contribution in [2.45, 2.75) is 42.5 Å². The maximum Gasteiger partial charge on any atom is 0.238 e. The molecule has 0 bridgehead atoms. The molecule has 0 spiro atoms. The number of aliphatic hydroxyl groups excluding tert-OH is 1. The SMILES string of the molecule is Nc1cc(S(N)(=O)=O)ccc1NC1(CO)CCCCC1. The molecule has 0 heterocycles. The van der Waals surface area contributed by atoms with E-state index in [4.69, 9.17) is 10.9 Å². The third-order valence-corrected chi connectivity index (χ3v) is 4.78. The van der Waals surface area contributed by atoms with Gasteiger partial charge < -0.3 is 16.2 Å². The van der Waals surface area contributed by atoms with Crippen LogP contribution in [-0.2, 0) is 10.0 Å². The maximum absolute atomic E-state index is 11.3. The van der Waals surface area contributed by atoms with Crippen molar-refractivity contribution in [3.05, 3.63) is 18.2 Å². The molecule has 1 aliphatic rings. The second kappa shape index (κ2) is 5.59. The minimum Gasteiger partial charge on any atom is -0.397 e. The van der Waals surface area contributed by atoms with Crippen LogP contribution < -0.4 is 16.2 Å². The zero-order valence-electron chi connectivity index (χ0n) is 11.3. The number of sulfonamides is 1. The molecule has 7 heteroatoms. The second-order valence-corrected chi connectivity index (χ2v) is 6.98. The Morgan fingerprint density at radius 2 is 1.90 bits per heavy atom. The molecule has 1 fully saturated rings. The smallest absolute Gasteiger partial charge is 0.238 e. The lowest BCUT2D eigenvalue weighted by molar-refractivity contribution is 0.173. The summed E-state index contributed by atoms with van der Waals surface area (Å²) in [5, 5.41) is 18.0. The predicted octanol–water partition coefficient (Wildman–Crippen LogP) is 1.02. The fourth-order valence-corrected chi connectivity index (χ4v) is 3.22. The van der Waals surface area contributed by atoms with E-state index in [-0.39, 0.29) is 17.0 Å². The lowest BCUT2D eigenvalue weighted by Crippen LogP contribution is -2.44. The fourth-order valence-electron chi connectivity index (χ4n) is 2.67. The van der Waals surface area contributed by atoms with Gasteiger partial charge in [0.2, 0.25) is 10.0 Å². The van der Waals surface area contributed by atoms with Crippen LogP contribution in [0.25, 0.3) is 0 Å².